The highest BCUT2D eigenvalue weighted by atomic mass is 19.1. The lowest BCUT2D eigenvalue weighted by molar-refractivity contribution is 0.0600. The third kappa shape index (κ3) is 2.51. The van der Waals surface area contributed by atoms with Gasteiger partial charge in [0.05, 0.1) is 12.7 Å². The van der Waals surface area contributed by atoms with E-state index in [1.807, 2.05) is 0 Å². The minimum absolute atomic E-state index is 0.222. The number of halogens is 2. The van der Waals surface area contributed by atoms with Crippen LogP contribution in [0, 0.1) is 11.6 Å². The van der Waals surface area contributed by atoms with Gasteiger partial charge in [0.15, 0.2) is 0 Å². The zero-order valence-electron chi connectivity index (χ0n) is 9.48. The molecule has 0 aliphatic rings. The van der Waals surface area contributed by atoms with Crippen LogP contribution in [0.25, 0.3) is 11.1 Å². The van der Waals surface area contributed by atoms with Crippen molar-refractivity contribution in [1.82, 2.24) is 4.98 Å². The molecule has 5 heteroatoms. The molecule has 0 fully saturated rings. The maximum Gasteiger partial charge on any atom is 0.339 e. The average Bonchev–Trinajstić information content (AvgIpc) is 2.37. The van der Waals surface area contributed by atoms with Gasteiger partial charge >= 0.3 is 5.97 Å². The number of rotatable bonds is 2. The molecule has 0 bridgehead atoms. The second-order valence-electron chi connectivity index (χ2n) is 3.61. The summed E-state index contributed by atoms with van der Waals surface area (Å²) < 4.78 is 30.7. The van der Waals surface area contributed by atoms with Crippen LogP contribution >= 0.6 is 0 Å². The van der Waals surface area contributed by atoms with Gasteiger partial charge in [-0.2, -0.15) is 0 Å². The number of methoxy groups -OCH3 is 1. The molecule has 0 radical (unpaired) electrons. The maximum absolute atomic E-state index is 13.1. The Morgan fingerprint density at radius 1 is 1.06 bits per heavy atom. The van der Waals surface area contributed by atoms with Crippen LogP contribution in [-0.2, 0) is 4.74 Å². The molecule has 0 spiro atoms. The smallest absolute Gasteiger partial charge is 0.339 e. The second-order valence-corrected chi connectivity index (χ2v) is 3.61. The first-order chi connectivity index (χ1) is 8.60. The first-order valence-electron chi connectivity index (χ1n) is 5.10. The summed E-state index contributed by atoms with van der Waals surface area (Å²) in [5.74, 6) is -1.93. The minimum Gasteiger partial charge on any atom is -0.465 e. The van der Waals surface area contributed by atoms with E-state index in [-0.39, 0.29) is 5.56 Å². The first-order valence-corrected chi connectivity index (χ1v) is 5.10. The second kappa shape index (κ2) is 4.91. The molecule has 0 saturated heterocycles. The van der Waals surface area contributed by atoms with Gasteiger partial charge in [-0.05, 0) is 23.8 Å². The molecular formula is C13H9F2NO2. The van der Waals surface area contributed by atoms with Crippen LogP contribution in [0.15, 0.2) is 36.7 Å². The third-order valence-corrected chi connectivity index (χ3v) is 2.36. The van der Waals surface area contributed by atoms with E-state index in [4.69, 9.17) is 0 Å². The summed E-state index contributed by atoms with van der Waals surface area (Å²) in [5, 5.41) is 0. The quantitative estimate of drug-likeness (QED) is 0.768. The molecule has 1 heterocycles. The summed E-state index contributed by atoms with van der Waals surface area (Å²) in [6, 6.07) is 4.58. The number of aromatic nitrogens is 1. The fraction of sp³-hybridized carbons (Fsp3) is 0.0769. The Bertz CT molecular complexity index is 579. The molecule has 1 aromatic heterocycles. The van der Waals surface area contributed by atoms with Crippen molar-refractivity contribution < 1.29 is 18.3 Å². The summed E-state index contributed by atoms with van der Waals surface area (Å²) in [6.07, 6.45) is 2.74. The highest BCUT2D eigenvalue weighted by Gasteiger charge is 2.09. The Labute approximate surface area is 102 Å². The van der Waals surface area contributed by atoms with Crippen molar-refractivity contribution in [2.75, 3.05) is 7.11 Å². The van der Waals surface area contributed by atoms with Crippen LogP contribution in [-0.4, -0.2) is 18.1 Å². The van der Waals surface area contributed by atoms with Gasteiger partial charge in [-0.25, -0.2) is 13.6 Å². The van der Waals surface area contributed by atoms with Crippen molar-refractivity contribution in [1.29, 1.82) is 0 Å². The van der Waals surface area contributed by atoms with Crippen LogP contribution in [0.4, 0.5) is 8.78 Å². The molecule has 0 saturated carbocycles. The van der Waals surface area contributed by atoms with Crippen LogP contribution in [0.1, 0.15) is 10.4 Å². The van der Waals surface area contributed by atoms with E-state index in [9.17, 15) is 13.6 Å². The van der Waals surface area contributed by atoms with Gasteiger partial charge < -0.3 is 4.74 Å². The zero-order chi connectivity index (χ0) is 13.1. The van der Waals surface area contributed by atoms with E-state index in [2.05, 4.69) is 9.72 Å². The summed E-state index contributed by atoms with van der Waals surface area (Å²) in [5.41, 5.74) is 0.974. The van der Waals surface area contributed by atoms with Crippen LogP contribution < -0.4 is 0 Å². The number of carbonyl (C=O) groups excluding carboxylic acids is 1. The number of pyridine rings is 1. The van der Waals surface area contributed by atoms with Crippen molar-refractivity contribution in [3.63, 3.8) is 0 Å². The van der Waals surface area contributed by atoms with Crippen LogP contribution in [0.3, 0.4) is 0 Å². The zero-order valence-corrected chi connectivity index (χ0v) is 9.48. The lowest BCUT2D eigenvalue weighted by Gasteiger charge is -2.04. The average molecular weight is 249 g/mol. The van der Waals surface area contributed by atoms with Gasteiger partial charge in [0, 0.05) is 24.0 Å². The number of benzene rings is 1. The molecule has 0 atom stereocenters. The fourth-order valence-electron chi connectivity index (χ4n) is 1.55. The Balaban J connectivity index is 2.47. The van der Waals surface area contributed by atoms with Gasteiger partial charge in [0.25, 0.3) is 0 Å². The van der Waals surface area contributed by atoms with E-state index in [0.29, 0.717) is 11.1 Å². The molecule has 2 rings (SSSR count). The highest BCUT2D eigenvalue weighted by Crippen LogP contribution is 2.22. The van der Waals surface area contributed by atoms with Crippen LogP contribution in [0.2, 0.25) is 0 Å². The van der Waals surface area contributed by atoms with E-state index < -0.39 is 17.6 Å². The Morgan fingerprint density at radius 3 is 2.33 bits per heavy atom. The Kier molecular flexibility index (Phi) is 3.32. The lowest BCUT2D eigenvalue weighted by Crippen LogP contribution is -2.01. The molecule has 1 aromatic carbocycles. The number of ether oxygens (including phenoxy) is 1. The molecule has 0 N–H and O–H groups in total. The van der Waals surface area contributed by atoms with E-state index in [1.165, 1.54) is 37.7 Å². The molecular weight excluding hydrogens is 240 g/mol. The third-order valence-electron chi connectivity index (χ3n) is 2.36. The largest absolute Gasteiger partial charge is 0.465 e. The lowest BCUT2D eigenvalue weighted by atomic mass is 10.1. The number of carbonyl (C=O) groups is 1. The van der Waals surface area contributed by atoms with Gasteiger partial charge in [-0.3, -0.25) is 4.98 Å². The van der Waals surface area contributed by atoms with Crippen molar-refractivity contribution in [3.8, 4) is 11.1 Å². The SMILES string of the molecule is COC(=O)c1cncc(-c2cc(F)cc(F)c2)c1. The van der Waals surface area contributed by atoms with E-state index >= 15 is 0 Å². The number of esters is 1. The van der Waals surface area contributed by atoms with Crippen molar-refractivity contribution >= 4 is 5.97 Å². The molecule has 3 nitrogen and oxygen atoms in total. The molecule has 18 heavy (non-hydrogen) atoms. The van der Waals surface area contributed by atoms with Crippen LogP contribution in [0.5, 0.6) is 0 Å². The topological polar surface area (TPSA) is 39.2 Å². The van der Waals surface area contributed by atoms with E-state index in [0.717, 1.165) is 6.07 Å². The standard InChI is InChI=1S/C13H9F2NO2/c1-18-13(17)10-2-9(6-16-7-10)8-3-11(14)5-12(15)4-8/h2-7H,1H3. The number of hydrogen-bond donors (Lipinski definition) is 0. The monoisotopic (exact) mass is 249 g/mol. The predicted molar refractivity (Wildman–Crippen MR) is 60.9 cm³/mol. The fourth-order valence-corrected chi connectivity index (χ4v) is 1.55. The summed E-state index contributed by atoms with van der Waals surface area (Å²) in [7, 11) is 1.25. The summed E-state index contributed by atoms with van der Waals surface area (Å²) in [4.78, 5) is 15.2. The van der Waals surface area contributed by atoms with Gasteiger partial charge in [-0.15, -0.1) is 0 Å². The van der Waals surface area contributed by atoms with Gasteiger partial charge in [0.1, 0.15) is 11.6 Å². The molecule has 92 valence electrons. The van der Waals surface area contributed by atoms with Crippen molar-refractivity contribution in [2.24, 2.45) is 0 Å². The maximum atomic E-state index is 13.1. The predicted octanol–water partition coefficient (Wildman–Crippen LogP) is 2.81. The molecule has 0 unspecified atom stereocenters. The molecule has 0 amide bonds. The first kappa shape index (κ1) is 12.2. The highest BCUT2D eigenvalue weighted by molar-refractivity contribution is 5.90. The Morgan fingerprint density at radius 2 is 1.72 bits per heavy atom. The summed E-state index contributed by atoms with van der Waals surface area (Å²) in [6.45, 7) is 0. The summed E-state index contributed by atoms with van der Waals surface area (Å²) >= 11 is 0. The molecule has 0 aliphatic heterocycles. The van der Waals surface area contributed by atoms with Crippen molar-refractivity contribution in [3.05, 3.63) is 53.9 Å². The van der Waals surface area contributed by atoms with Crippen molar-refractivity contribution in [2.45, 2.75) is 0 Å². The number of hydrogen-bond acceptors (Lipinski definition) is 3. The number of nitrogens with zero attached hydrogens (tertiary/aromatic N) is 1. The Hall–Kier alpha value is -2.30. The van der Waals surface area contributed by atoms with E-state index in [1.54, 1.807) is 0 Å². The molecule has 0 aliphatic carbocycles. The molecule has 2 aromatic rings. The van der Waals surface area contributed by atoms with Gasteiger partial charge in [0.2, 0.25) is 0 Å². The van der Waals surface area contributed by atoms with Gasteiger partial charge in [-0.1, -0.05) is 0 Å². The normalized spacial score (nSPS) is 10.2. The minimum atomic E-state index is -0.687.